The van der Waals surface area contributed by atoms with Crippen LogP contribution in [0.1, 0.15) is 0 Å². The van der Waals surface area contributed by atoms with E-state index in [1.54, 1.807) is 0 Å². The predicted molar refractivity (Wildman–Crippen MR) is 54.5 cm³/mol. The van der Waals surface area contributed by atoms with Gasteiger partial charge >= 0.3 is 87.7 Å². The van der Waals surface area contributed by atoms with Gasteiger partial charge in [0.25, 0.3) is 0 Å². The van der Waals surface area contributed by atoms with Gasteiger partial charge in [0.2, 0.25) is 0 Å². The minimum absolute atomic E-state index is 0.126. The van der Waals surface area contributed by atoms with Crippen LogP contribution in [0.25, 0.3) is 0 Å². The van der Waals surface area contributed by atoms with E-state index in [2.05, 4.69) is 0 Å². The van der Waals surface area contributed by atoms with Crippen LogP contribution in [0.15, 0.2) is 0 Å². The zero-order valence-electron chi connectivity index (χ0n) is 9.14. The molecule has 5 atom stereocenters. The van der Waals surface area contributed by atoms with Crippen molar-refractivity contribution in [1.29, 1.82) is 0 Å². The Balaban J connectivity index is 1.56. The van der Waals surface area contributed by atoms with Crippen molar-refractivity contribution < 1.29 is 21.5 Å². The van der Waals surface area contributed by atoms with E-state index in [1.165, 1.54) is 0 Å². The van der Waals surface area contributed by atoms with Crippen molar-refractivity contribution in [2.45, 2.75) is 53.8 Å². The van der Waals surface area contributed by atoms with E-state index in [0.29, 0.717) is 0 Å². The summed E-state index contributed by atoms with van der Waals surface area (Å²) in [7, 11) is 0. The molecule has 0 amide bonds. The Morgan fingerprint density at radius 1 is 1.06 bits per heavy atom. The zero-order valence-corrected chi connectivity index (χ0v) is 10.2. The summed E-state index contributed by atoms with van der Waals surface area (Å²) in [6.07, 6.45) is -1.03. The molecule has 0 aliphatic carbocycles. The van der Waals surface area contributed by atoms with Crippen LogP contribution in [0.4, 0.5) is 0 Å². The molecule has 10 fully saturated rings. The molecule has 10 rings (SSSR count). The normalized spacial score (nSPS) is 121. The van der Waals surface area contributed by atoms with Gasteiger partial charge in [-0.2, -0.15) is 0 Å². The van der Waals surface area contributed by atoms with Crippen molar-refractivity contribution >= 4 is 5.78 Å². The molecule has 5 unspecified atom stereocenters. The molecule has 10 aliphatic rings. The van der Waals surface area contributed by atoms with E-state index < -0.39 is 12.6 Å². The third-order valence-electron chi connectivity index (χ3n) is 15.5. The summed E-state index contributed by atoms with van der Waals surface area (Å²) in [5.74, 6) is 0.159. The first-order chi connectivity index (χ1) is 7.94. The van der Waals surface area contributed by atoms with Gasteiger partial charge in [0.15, 0.2) is 0 Å². The summed E-state index contributed by atoms with van der Waals surface area (Å²) < 4.78 is 0.126. The van der Waals surface area contributed by atoms with Crippen LogP contribution in [0.5, 0.6) is 0 Å². The van der Waals surface area contributed by atoms with Gasteiger partial charge in [-0.1, -0.05) is 0 Å². The Hall–Kier alpha value is 0.109. The van der Waals surface area contributed by atoms with Crippen LogP contribution in [-0.4, -0.2) is 28.7 Å². The van der Waals surface area contributed by atoms with Crippen LogP contribution in [-0.2, 0) is 11.3 Å². The van der Waals surface area contributed by atoms with Gasteiger partial charge in [0.05, 0.1) is 0 Å². The van der Waals surface area contributed by atoms with E-state index in [1.807, 2.05) is 0 Å². The van der Waals surface area contributed by atoms with Gasteiger partial charge in [0, 0.05) is 0 Å². The molecule has 92 valence electrons. The molecule has 10 aliphatic heterocycles. The fourth-order valence-electron chi connectivity index (χ4n) is 17.2. The second-order valence-electron chi connectivity index (χ2n) is 10.7. The average molecular weight is 274 g/mol. The SMILES string of the molecule is O=C(C(O)CO)[C]12[CH]3[CH]4[CH]5[CH]1[Fe]45321678[CH]2[CH]1[CH]6[CH]7[CH]28. The standard InChI is InChI=1S/C8H9O3.C5H5.Fe/c9-5-7(10)8(11)6-3-1-2-4-6;1-2-4-5-3-1;/h1-4,7,9-10H,5H2;1-5H;. The molecule has 2 N–H and O–H groups in total. The number of rotatable bonds is 3. The van der Waals surface area contributed by atoms with Crippen LogP contribution < -0.4 is 0 Å². The average Bonchev–Trinajstić information content (AvgIpc) is 3.28. The zero-order chi connectivity index (χ0) is 10.9. The predicted octanol–water partition coefficient (Wildman–Crippen LogP) is 1.67. The van der Waals surface area contributed by atoms with Gasteiger partial charge < -0.3 is 0 Å². The Morgan fingerprint density at radius 2 is 1.53 bits per heavy atom. The van der Waals surface area contributed by atoms with Gasteiger partial charge in [-0.15, -0.1) is 0 Å². The molecule has 17 heavy (non-hydrogen) atoms. The summed E-state index contributed by atoms with van der Waals surface area (Å²) in [5.41, 5.74) is 0. The maximum absolute atomic E-state index is 12.8. The van der Waals surface area contributed by atoms with Crippen LogP contribution in [0, 0.1) is 0 Å². The van der Waals surface area contributed by atoms with Crippen molar-refractivity contribution in [2.24, 2.45) is 0 Å². The summed E-state index contributed by atoms with van der Waals surface area (Å²) in [4.78, 5) is 22.4. The van der Waals surface area contributed by atoms with Gasteiger partial charge in [0.1, 0.15) is 0 Å². The fraction of sp³-hybridized carbons (Fsp3) is 0.923. The Bertz CT molecular complexity index is 914. The second kappa shape index (κ2) is 0.508. The number of Topliss-reactive ketones (excluding diaryl/α,β-unsaturated/α-hetero) is 1. The van der Waals surface area contributed by atoms with E-state index in [0.717, 1.165) is 43.3 Å². The molecule has 0 saturated carbocycles. The number of ketones is 1. The van der Waals surface area contributed by atoms with Gasteiger partial charge in [-0.25, -0.2) is 0 Å². The summed E-state index contributed by atoms with van der Waals surface area (Å²) in [6.45, 7) is -3.67. The van der Waals surface area contributed by atoms with Gasteiger partial charge in [-0.05, 0) is 0 Å². The van der Waals surface area contributed by atoms with Crippen LogP contribution in [0.3, 0.4) is 0 Å². The molecule has 0 aromatic rings. The first-order valence-electron chi connectivity index (χ1n) is 6.98. The van der Waals surface area contributed by atoms with E-state index >= 15 is 0 Å². The van der Waals surface area contributed by atoms with Crippen LogP contribution >= 0.6 is 0 Å². The molecule has 0 aromatic carbocycles. The van der Waals surface area contributed by atoms with Crippen molar-refractivity contribution in [2.75, 3.05) is 6.61 Å². The minimum atomic E-state index is -3.33. The number of carbonyl (C=O) groups excluding carboxylic acids is 1. The first kappa shape index (κ1) is 6.51. The van der Waals surface area contributed by atoms with E-state index in [-0.39, 0.29) is 16.7 Å². The van der Waals surface area contributed by atoms with E-state index in [9.17, 15) is 9.90 Å². The quantitative estimate of drug-likeness (QED) is 0.770. The van der Waals surface area contributed by atoms with Crippen molar-refractivity contribution in [3.63, 3.8) is 0 Å². The van der Waals surface area contributed by atoms with Crippen molar-refractivity contribution in [3.8, 4) is 0 Å². The Morgan fingerprint density at radius 3 is 1.76 bits per heavy atom. The molecule has 10 heterocycles. The third kappa shape index (κ3) is 0.0633. The third-order valence-corrected chi connectivity index (χ3v) is 57.8. The van der Waals surface area contributed by atoms with E-state index in [4.69, 9.17) is 5.11 Å². The Labute approximate surface area is 87.9 Å². The molecule has 3 nitrogen and oxygen atoms in total. The molecular formula is C13H14FeO3. The number of aliphatic hydroxyl groups excluding tert-OH is 2. The Kier molecular flexibility index (Phi) is 0.195. The van der Waals surface area contributed by atoms with Gasteiger partial charge in [-0.3, -0.25) is 0 Å². The van der Waals surface area contributed by atoms with Crippen molar-refractivity contribution in [1.82, 2.24) is 0 Å². The monoisotopic (exact) mass is 274 g/mol. The topological polar surface area (TPSA) is 57.5 Å². The summed E-state index contributed by atoms with van der Waals surface area (Å²) in [5, 5.41) is 19.0. The summed E-state index contributed by atoms with van der Waals surface area (Å²) >= 11 is 0. The summed E-state index contributed by atoms with van der Waals surface area (Å²) in [6, 6.07) is 0. The molecular weight excluding hydrogens is 260 g/mol. The fourth-order valence-corrected chi connectivity index (χ4v) is 91.2. The second-order valence-corrected chi connectivity index (χ2v) is 34.3. The molecule has 0 radical (unpaired) electrons. The molecule has 4 heteroatoms. The van der Waals surface area contributed by atoms with Crippen LogP contribution in [0.2, 0.25) is 47.7 Å². The first-order valence-corrected chi connectivity index (χ1v) is 13.3. The molecule has 0 bridgehead atoms. The molecule has 1 spiro atoms. The number of carbonyl (C=O) groups is 1. The van der Waals surface area contributed by atoms with Crippen molar-refractivity contribution in [3.05, 3.63) is 0 Å². The molecule has 0 aromatic heterocycles. The number of hydrogen-bond donors (Lipinski definition) is 2. The number of fused-ring (bicyclic) bond motifs is 10. The number of aliphatic hydroxyl groups is 2. The number of hydrogen-bond acceptors (Lipinski definition) is 3. The maximum atomic E-state index is 12.8. The molecule has 10 saturated heterocycles.